The van der Waals surface area contributed by atoms with Crippen molar-refractivity contribution in [2.24, 2.45) is 0 Å². The molecule has 1 aliphatic rings. The molecule has 9 heteroatoms. The van der Waals surface area contributed by atoms with E-state index < -0.39 is 37.1 Å². The second kappa shape index (κ2) is 11.8. The molecule has 1 amide bonds. The zero-order chi connectivity index (χ0) is 23.8. The fourth-order valence-electron chi connectivity index (χ4n) is 3.52. The number of ether oxygens (including phenoxy) is 1. The second-order valence-corrected chi connectivity index (χ2v) is 7.38. The van der Waals surface area contributed by atoms with Gasteiger partial charge in [0, 0.05) is 18.2 Å². The van der Waals surface area contributed by atoms with Gasteiger partial charge in [-0.25, -0.2) is 0 Å². The van der Waals surface area contributed by atoms with Crippen LogP contribution >= 0.6 is 0 Å². The fraction of sp³-hybridized carbons (Fsp3) is 0.391. The van der Waals surface area contributed by atoms with Crippen molar-refractivity contribution in [1.82, 2.24) is 10.6 Å². The van der Waals surface area contributed by atoms with Gasteiger partial charge in [0.15, 0.2) is 0 Å². The summed E-state index contributed by atoms with van der Waals surface area (Å²) in [4.78, 5) is 23.5. The molecule has 0 aliphatic carbocycles. The second-order valence-electron chi connectivity index (χ2n) is 7.38. The van der Waals surface area contributed by atoms with E-state index >= 15 is 0 Å². The Bertz CT molecular complexity index is 919. The molecule has 2 aromatic rings. The van der Waals surface area contributed by atoms with E-state index in [9.17, 15) is 30.0 Å². The van der Waals surface area contributed by atoms with Gasteiger partial charge in [-0.2, -0.15) is 0 Å². The van der Waals surface area contributed by atoms with Crippen LogP contribution in [-0.4, -0.2) is 84.8 Å². The Morgan fingerprint density at radius 3 is 2.28 bits per heavy atom. The van der Waals surface area contributed by atoms with Crippen molar-refractivity contribution in [2.75, 3.05) is 27.7 Å². The maximum Gasteiger partial charge on any atom is 0.251 e. The molecule has 2 aromatic carbocycles. The number of amides is 1. The number of carbonyl (C=O) groups is 2. The molecule has 3 rings (SSSR count). The summed E-state index contributed by atoms with van der Waals surface area (Å²) in [5.74, 6) is -0.361. The maximum atomic E-state index is 12.1. The van der Waals surface area contributed by atoms with Gasteiger partial charge in [-0.05, 0) is 49.0 Å². The number of benzene rings is 2. The molecule has 0 bridgehead atoms. The molecule has 32 heavy (non-hydrogen) atoms. The SMILES string of the molecule is CNC.CNC(=O)c1cc(C=O)cc(-c2ccccc2[C@H]2OC(CO)[C@@H](O)C(O)C2O)c1. The average Bonchev–Trinajstić information content (AvgIpc) is 2.82. The normalized spacial score (nSPS) is 24.8. The molecule has 0 radical (unpaired) electrons. The lowest BCUT2D eigenvalue weighted by Crippen LogP contribution is -2.55. The predicted molar refractivity (Wildman–Crippen MR) is 118 cm³/mol. The first kappa shape index (κ1) is 25.6. The van der Waals surface area contributed by atoms with E-state index in [1.54, 1.807) is 36.4 Å². The largest absolute Gasteiger partial charge is 0.394 e. The molecule has 1 saturated heterocycles. The molecule has 0 saturated carbocycles. The number of nitrogens with one attached hydrogen (secondary N) is 2. The van der Waals surface area contributed by atoms with Crippen LogP contribution in [0, 0.1) is 0 Å². The average molecular weight is 447 g/mol. The number of aliphatic hydroxyl groups is 4. The van der Waals surface area contributed by atoms with Crippen molar-refractivity contribution in [3.63, 3.8) is 0 Å². The smallest absolute Gasteiger partial charge is 0.251 e. The van der Waals surface area contributed by atoms with Gasteiger partial charge in [-0.3, -0.25) is 9.59 Å². The van der Waals surface area contributed by atoms with E-state index in [2.05, 4.69) is 10.6 Å². The summed E-state index contributed by atoms with van der Waals surface area (Å²) in [6.07, 6.45) is -5.87. The van der Waals surface area contributed by atoms with Crippen LogP contribution in [-0.2, 0) is 4.74 Å². The zero-order valence-electron chi connectivity index (χ0n) is 18.2. The van der Waals surface area contributed by atoms with E-state index in [4.69, 9.17) is 4.74 Å². The first-order chi connectivity index (χ1) is 15.3. The third-order valence-corrected chi connectivity index (χ3v) is 5.05. The van der Waals surface area contributed by atoms with Crippen LogP contribution in [0.15, 0.2) is 42.5 Å². The monoisotopic (exact) mass is 446 g/mol. The van der Waals surface area contributed by atoms with Crippen molar-refractivity contribution in [1.29, 1.82) is 0 Å². The van der Waals surface area contributed by atoms with Crippen LogP contribution in [0.1, 0.15) is 32.4 Å². The number of hydrogen-bond acceptors (Lipinski definition) is 8. The van der Waals surface area contributed by atoms with Crippen LogP contribution in [0.3, 0.4) is 0 Å². The number of aliphatic hydroxyl groups excluding tert-OH is 4. The van der Waals surface area contributed by atoms with Gasteiger partial charge in [0.05, 0.1) is 6.61 Å². The van der Waals surface area contributed by atoms with Gasteiger partial charge in [-0.1, -0.05) is 24.3 Å². The van der Waals surface area contributed by atoms with E-state index in [1.165, 1.54) is 13.1 Å². The highest BCUT2D eigenvalue weighted by Gasteiger charge is 2.44. The van der Waals surface area contributed by atoms with Crippen molar-refractivity contribution < 1.29 is 34.8 Å². The standard InChI is InChI=1S/C21H23NO7.C2H7N/c1-22-21(28)13-7-11(9-23)6-12(8-13)14-4-2-3-5-15(14)20-19(27)18(26)17(25)16(10-24)29-20;1-3-2/h2-9,16-20,24-27H,10H2,1H3,(H,22,28);3H,1-2H3/t16?,17-,18?,19?,20-;/m1./s1. The lowest BCUT2D eigenvalue weighted by molar-refractivity contribution is -0.231. The van der Waals surface area contributed by atoms with Crippen LogP contribution < -0.4 is 10.6 Å². The van der Waals surface area contributed by atoms with Crippen molar-refractivity contribution in [3.8, 4) is 11.1 Å². The summed E-state index contributed by atoms with van der Waals surface area (Å²) in [5.41, 5.74) is 2.18. The Morgan fingerprint density at radius 1 is 1.03 bits per heavy atom. The molecule has 3 unspecified atom stereocenters. The summed E-state index contributed by atoms with van der Waals surface area (Å²) in [6.45, 7) is -0.537. The number of carbonyl (C=O) groups excluding carboxylic acids is 2. The highest BCUT2D eigenvalue weighted by Crippen LogP contribution is 2.38. The van der Waals surface area contributed by atoms with Gasteiger partial charge in [-0.15, -0.1) is 0 Å². The van der Waals surface area contributed by atoms with Gasteiger partial charge < -0.3 is 35.8 Å². The number of aldehydes is 1. The van der Waals surface area contributed by atoms with Crippen LogP contribution in [0.2, 0.25) is 0 Å². The Morgan fingerprint density at radius 2 is 1.69 bits per heavy atom. The third-order valence-electron chi connectivity index (χ3n) is 5.05. The van der Waals surface area contributed by atoms with E-state index in [0.717, 1.165) is 0 Å². The van der Waals surface area contributed by atoms with E-state index in [-0.39, 0.29) is 11.5 Å². The van der Waals surface area contributed by atoms with E-state index in [1.807, 2.05) is 14.1 Å². The lowest BCUT2D eigenvalue weighted by Gasteiger charge is -2.40. The van der Waals surface area contributed by atoms with Crippen LogP contribution in [0.25, 0.3) is 11.1 Å². The van der Waals surface area contributed by atoms with Gasteiger partial charge in [0.2, 0.25) is 0 Å². The first-order valence-corrected chi connectivity index (χ1v) is 10.1. The summed E-state index contributed by atoms with van der Waals surface area (Å²) in [7, 11) is 5.23. The zero-order valence-corrected chi connectivity index (χ0v) is 18.2. The van der Waals surface area contributed by atoms with Crippen molar-refractivity contribution >= 4 is 12.2 Å². The van der Waals surface area contributed by atoms with Gasteiger partial charge in [0.1, 0.15) is 36.8 Å². The summed E-state index contributed by atoms with van der Waals surface area (Å²) < 4.78 is 5.68. The maximum absolute atomic E-state index is 12.1. The molecule has 0 spiro atoms. The fourth-order valence-corrected chi connectivity index (χ4v) is 3.52. The molecule has 6 N–H and O–H groups in total. The molecular weight excluding hydrogens is 416 g/mol. The Kier molecular flexibility index (Phi) is 9.45. The topological polar surface area (TPSA) is 148 Å². The Balaban J connectivity index is 0.00000114. The summed E-state index contributed by atoms with van der Waals surface area (Å²) >= 11 is 0. The quantitative estimate of drug-likeness (QED) is 0.348. The van der Waals surface area contributed by atoms with E-state index in [0.29, 0.717) is 28.5 Å². The Hall–Kier alpha value is -2.66. The minimum Gasteiger partial charge on any atom is -0.394 e. The minimum absolute atomic E-state index is 0.288. The van der Waals surface area contributed by atoms with Gasteiger partial charge >= 0.3 is 0 Å². The van der Waals surface area contributed by atoms with Gasteiger partial charge in [0.25, 0.3) is 5.91 Å². The third kappa shape index (κ3) is 5.57. The highest BCUT2D eigenvalue weighted by molar-refractivity contribution is 5.97. The highest BCUT2D eigenvalue weighted by atomic mass is 16.5. The number of rotatable bonds is 5. The lowest BCUT2D eigenvalue weighted by atomic mass is 9.87. The van der Waals surface area contributed by atoms with Crippen LogP contribution in [0.5, 0.6) is 0 Å². The molecule has 1 heterocycles. The van der Waals surface area contributed by atoms with Crippen LogP contribution in [0.4, 0.5) is 0 Å². The molecule has 5 atom stereocenters. The molecule has 174 valence electrons. The molecule has 0 aromatic heterocycles. The molecular formula is C23H30N2O7. The number of hydrogen-bond donors (Lipinski definition) is 6. The molecule has 1 aliphatic heterocycles. The first-order valence-electron chi connectivity index (χ1n) is 10.1. The summed E-state index contributed by atoms with van der Waals surface area (Å²) in [5, 5.41) is 45.4. The predicted octanol–water partition coefficient (Wildman–Crippen LogP) is -0.124. The van der Waals surface area contributed by atoms with Crippen molar-refractivity contribution in [2.45, 2.75) is 30.5 Å². The van der Waals surface area contributed by atoms with Crippen molar-refractivity contribution in [3.05, 3.63) is 59.2 Å². The Labute approximate surface area is 186 Å². The minimum atomic E-state index is -1.51. The molecule has 9 nitrogen and oxygen atoms in total. The summed E-state index contributed by atoms with van der Waals surface area (Å²) in [6, 6.07) is 11.5. The molecule has 1 fully saturated rings.